The fourth-order valence-corrected chi connectivity index (χ4v) is 1.88. The molecule has 88 valence electrons. The molecule has 0 N–H and O–H groups in total. The molecular weight excluding hydrogens is 198 g/mol. The molecule has 0 saturated heterocycles. The largest absolute Gasteiger partial charge is 0.377 e. The first kappa shape index (κ1) is 12.8. The Kier molecular flexibility index (Phi) is 4.11. The number of carbonyl (C=O) groups is 1. The first-order chi connectivity index (χ1) is 7.47. The number of hydrogen-bond donors (Lipinski definition) is 0. The van der Waals surface area contributed by atoms with Crippen LogP contribution in [0.15, 0.2) is 12.1 Å². The molecule has 0 aliphatic rings. The minimum Gasteiger partial charge on any atom is -0.377 e. The van der Waals surface area contributed by atoms with E-state index in [1.807, 2.05) is 14.1 Å². The first-order valence-electron chi connectivity index (χ1n) is 5.69. The van der Waals surface area contributed by atoms with Crippen LogP contribution in [0.25, 0.3) is 0 Å². The van der Waals surface area contributed by atoms with Gasteiger partial charge in [-0.2, -0.15) is 0 Å². The highest BCUT2D eigenvalue weighted by atomic mass is 16.1. The second-order valence-corrected chi connectivity index (χ2v) is 4.69. The molecule has 1 aromatic rings. The normalized spacial score (nSPS) is 12.3. The SMILES string of the molecule is Cc1cc(C(C)CC=O)c(N(C)C)cc1C. The van der Waals surface area contributed by atoms with Crippen LogP contribution in [0, 0.1) is 13.8 Å². The molecular formula is C14H21NO. The molecule has 0 bridgehead atoms. The van der Waals surface area contributed by atoms with Gasteiger partial charge >= 0.3 is 0 Å². The van der Waals surface area contributed by atoms with E-state index in [0.29, 0.717) is 6.42 Å². The molecule has 0 aromatic heterocycles. The fourth-order valence-electron chi connectivity index (χ4n) is 1.88. The summed E-state index contributed by atoms with van der Waals surface area (Å²) in [5, 5.41) is 0. The van der Waals surface area contributed by atoms with Crippen molar-refractivity contribution in [3.8, 4) is 0 Å². The molecule has 0 heterocycles. The number of rotatable bonds is 4. The summed E-state index contributed by atoms with van der Waals surface area (Å²) < 4.78 is 0. The first-order valence-corrected chi connectivity index (χ1v) is 5.69. The van der Waals surface area contributed by atoms with Crippen molar-refractivity contribution in [1.29, 1.82) is 0 Å². The molecule has 2 heteroatoms. The Bertz CT molecular complexity index is 383. The second kappa shape index (κ2) is 5.15. The smallest absolute Gasteiger partial charge is 0.120 e. The minimum absolute atomic E-state index is 0.286. The maximum Gasteiger partial charge on any atom is 0.120 e. The summed E-state index contributed by atoms with van der Waals surface area (Å²) in [6.07, 6.45) is 1.59. The van der Waals surface area contributed by atoms with Gasteiger partial charge < -0.3 is 9.69 Å². The van der Waals surface area contributed by atoms with E-state index < -0.39 is 0 Å². The lowest BCUT2D eigenvalue weighted by Gasteiger charge is -2.22. The van der Waals surface area contributed by atoms with Crippen molar-refractivity contribution in [1.82, 2.24) is 0 Å². The van der Waals surface area contributed by atoms with E-state index in [1.165, 1.54) is 22.4 Å². The van der Waals surface area contributed by atoms with Gasteiger partial charge in [0.15, 0.2) is 0 Å². The van der Waals surface area contributed by atoms with Gasteiger partial charge in [0.25, 0.3) is 0 Å². The zero-order chi connectivity index (χ0) is 12.3. The third kappa shape index (κ3) is 2.63. The van der Waals surface area contributed by atoms with Crippen LogP contribution in [0.5, 0.6) is 0 Å². The van der Waals surface area contributed by atoms with Gasteiger partial charge in [0, 0.05) is 26.2 Å². The van der Waals surface area contributed by atoms with Gasteiger partial charge in [-0.05, 0) is 42.5 Å². The Labute approximate surface area is 98.3 Å². The van der Waals surface area contributed by atoms with Gasteiger partial charge in [-0.3, -0.25) is 0 Å². The number of anilines is 1. The molecule has 2 nitrogen and oxygen atoms in total. The van der Waals surface area contributed by atoms with Crippen molar-refractivity contribution in [2.75, 3.05) is 19.0 Å². The van der Waals surface area contributed by atoms with Gasteiger partial charge in [0.05, 0.1) is 0 Å². The zero-order valence-corrected chi connectivity index (χ0v) is 10.9. The molecule has 16 heavy (non-hydrogen) atoms. The van der Waals surface area contributed by atoms with Gasteiger partial charge in [-0.15, -0.1) is 0 Å². The van der Waals surface area contributed by atoms with Gasteiger partial charge in [0.2, 0.25) is 0 Å². The molecule has 1 atom stereocenters. The van der Waals surface area contributed by atoms with Crippen LogP contribution in [0.2, 0.25) is 0 Å². The topological polar surface area (TPSA) is 20.3 Å². The second-order valence-electron chi connectivity index (χ2n) is 4.69. The van der Waals surface area contributed by atoms with E-state index in [1.54, 1.807) is 0 Å². The molecule has 0 saturated carbocycles. The lowest BCUT2D eigenvalue weighted by Crippen LogP contribution is -2.13. The number of aryl methyl sites for hydroxylation is 2. The average molecular weight is 219 g/mol. The van der Waals surface area contributed by atoms with Crippen LogP contribution in [0.4, 0.5) is 5.69 Å². The monoisotopic (exact) mass is 219 g/mol. The van der Waals surface area contributed by atoms with E-state index in [0.717, 1.165) is 6.29 Å². The highest BCUT2D eigenvalue weighted by molar-refractivity contribution is 5.60. The van der Waals surface area contributed by atoms with Crippen molar-refractivity contribution in [3.05, 3.63) is 28.8 Å². The van der Waals surface area contributed by atoms with Gasteiger partial charge in [-0.1, -0.05) is 13.0 Å². The Hall–Kier alpha value is -1.31. The lowest BCUT2D eigenvalue weighted by molar-refractivity contribution is -0.108. The molecule has 0 spiro atoms. The highest BCUT2D eigenvalue weighted by Gasteiger charge is 2.13. The summed E-state index contributed by atoms with van der Waals surface area (Å²) >= 11 is 0. The quantitative estimate of drug-likeness (QED) is 0.725. The molecule has 0 aliphatic heterocycles. The molecule has 1 aromatic carbocycles. The fraction of sp³-hybridized carbons (Fsp3) is 0.500. The lowest BCUT2D eigenvalue weighted by atomic mass is 9.92. The van der Waals surface area contributed by atoms with Gasteiger partial charge in [0.1, 0.15) is 6.29 Å². The van der Waals surface area contributed by atoms with Crippen molar-refractivity contribution >= 4 is 12.0 Å². The van der Waals surface area contributed by atoms with Gasteiger partial charge in [-0.25, -0.2) is 0 Å². The van der Waals surface area contributed by atoms with Crippen molar-refractivity contribution in [2.24, 2.45) is 0 Å². The Morgan fingerprint density at radius 2 is 1.81 bits per heavy atom. The summed E-state index contributed by atoms with van der Waals surface area (Å²) in [7, 11) is 4.09. The maximum absolute atomic E-state index is 10.6. The Morgan fingerprint density at radius 1 is 1.25 bits per heavy atom. The van der Waals surface area contributed by atoms with Crippen LogP contribution in [-0.4, -0.2) is 20.4 Å². The summed E-state index contributed by atoms with van der Waals surface area (Å²) in [6, 6.07) is 4.41. The number of hydrogen-bond acceptors (Lipinski definition) is 2. The Morgan fingerprint density at radius 3 is 2.31 bits per heavy atom. The number of aldehydes is 1. The van der Waals surface area contributed by atoms with E-state index in [9.17, 15) is 4.79 Å². The predicted molar refractivity (Wildman–Crippen MR) is 69.3 cm³/mol. The summed E-state index contributed by atoms with van der Waals surface area (Å²) in [4.78, 5) is 12.7. The average Bonchev–Trinajstić information content (AvgIpc) is 2.21. The molecule has 0 aliphatic carbocycles. The molecule has 0 fully saturated rings. The third-order valence-electron chi connectivity index (χ3n) is 3.11. The van der Waals surface area contributed by atoms with E-state index in [-0.39, 0.29) is 5.92 Å². The van der Waals surface area contributed by atoms with Crippen LogP contribution < -0.4 is 4.90 Å². The van der Waals surface area contributed by atoms with Crippen LogP contribution >= 0.6 is 0 Å². The summed E-state index contributed by atoms with van der Waals surface area (Å²) in [6.45, 7) is 6.34. The standard InChI is InChI=1S/C14H21NO/c1-10(6-7-16)13-8-11(2)12(3)9-14(13)15(4)5/h7-10H,6H2,1-5H3. The molecule has 1 rings (SSSR count). The number of nitrogens with zero attached hydrogens (tertiary/aromatic N) is 1. The van der Waals surface area contributed by atoms with E-state index in [4.69, 9.17) is 0 Å². The molecule has 1 unspecified atom stereocenters. The highest BCUT2D eigenvalue weighted by Crippen LogP contribution is 2.30. The zero-order valence-electron chi connectivity index (χ0n) is 10.9. The maximum atomic E-state index is 10.6. The minimum atomic E-state index is 0.286. The predicted octanol–water partition coefficient (Wildman–Crippen LogP) is 3.06. The molecule has 0 radical (unpaired) electrons. The van der Waals surface area contributed by atoms with Crippen molar-refractivity contribution in [3.63, 3.8) is 0 Å². The molecule has 0 amide bonds. The summed E-state index contributed by atoms with van der Waals surface area (Å²) in [5.74, 6) is 0.286. The summed E-state index contributed by atoms with van der Waals surface area (Å²) in [5.41, 5.74) is 5.07. The van der Waals surface area contributed by atoms with Crippen LogP contribution in [0.3, 0.4) is 0 Å². The number of carbonyl (C=O) groups excluding carboxylic acids is 1. The Balaban J connectivity index is 3.24. The van der Waals surface area contributed by atoms with Crippen LogP contribution in [-0.2, 0) is 4.79 Å². The van der Waals surface area contributed by atoms with E-state index in [2.05, 4.69) is 37.8 Å². The van der Waals surface area contributed by atoms with Crippen LogP contribution in [0.1, 0.15) is 36.0 Å². The third-order valence-corrected chi connectivity index (χ3v) is 3.11. The van der Waals surface area contributed by atoms with E-state index >= 15 is 0 Å². The van der Waals surface area contributed by atoms with Crippen molar-refractivity contribution in [2.45, 2.75) is 33.1 Å². The van der Waals surface area contributed by atoms with Crippen molar-refractivity contribution < 1.29 is 4.79 Å². The number of benzene rings is 1.